The number of rotatable bonds is 5. The van der Waals surface area contributed by atoms with Gasteiger partial charge in [0.2, 0.25) is 5.91 Å². The molecule has 0 saturated carbocycles. The molecule has 0 aliphatic carbocycles. The zero-order chi connectivity index (χ0) is 15.1. The summed E-state index contributed by atoms with van der Waals surface area (Å²) in [5.74, 6) is 0.149. The van der Waals surface area contributed by atoms with Crippen LogP contribution in [-0.4, -0.2) is 48.7 Å². The van der Waals surface area contributed by atoms with Crippen LogP contribution in [0.15, 0.2) is 0 Å². The molecule has 1 saturated heterocycles. The number of nitrogens with zero attached hydrogens (tertiary/aromatic N) is 1. The van der Waals surface area contributed by atoms with Gasteiger partial charge in [0, 0.05) is 19.1 Å². The number of carbonyl (C=O) groups is 2. The largest absolute Gasteiger partial charge is 0.450 e. The minimum absolute atomic E-state index is 0.0188. The highest BCUT2D eigenvalue weighted by molar-refractivity contribution is 5.82. The van der Waals surface area contributed by atoms with Gasteiger partial charge in [0.25, 0.3) is 0 Å². The van der Waals surface area contributed by atoms with E-state index in [-0.39, 0.29) is 17.9 Å². The first-order valence-electron chi connectivity index (χ1n) is 7.47. The summed E-state index contributed by atoms with van der Waals surface area (Å²) in [6.45, 7) is 7.35. The van der Waals surface area contributed by atoms with Gasteiger partial charge < -0.3 is 20.7 Å². The second-order valence-electron chi connectivity index (χ2n) is 5.40. The normalized spacial score (nSPS) is 22.0. The standard InChI is InChI=1S/C14H27N3O3/c1-4-10(3)12(15)13(18)17-8-6-7-11(9-17)16-14(19)20-5-2/h10-12H,4-9,15H2,1-3H3,(H,16,19)/t10?,11?,12-/m0/s1. The van der Waals surface area contributed by atoms with Crippen LogP contribution in [0.5, 0.6) is 0 Å². The number of piperidine rings is 1. The SMILES string of the molecule is CCOC(=O)NC1CCCN(C(=O)[C@@H](N)C(C)CC)C1. The molecule has 1 rings (SSSR count). The first-order chi connectivity index (χ1) is 9.49. The molecule has 0 spiro atoms. The van der Waals surface area contributed by atoms with Gasteiger partial charge in [0.1, 0.15) is 0 Å². The summed E-state index contributed by atoms with van der Waals surface area (Å²) in [5, 5.41) is 2.79. The lowest BCUT2D eigenvalue weighted by atomic mass is 9.97. The topological polar surface area (TPSA) is 84.7 Å². The highest BCUT2D eigenvalue weighted by Crippen LogP contribution is 2.14. The van der Waals surface area contributed by atoms with Crippen molar-refractivity contribution in [3.8, 4) is 0 Å². The predicted molar refractivity (Wildman–Crippen MR) is 77.2 cm³/mol. The molecule has 1 aliphatic rings. The van der Waals surface area contributed by atoms with Gasteiger partial charge in [-0.3, -0.25) is 4.79 Å². The second kappa shape index (κ2) is 8.09. The van der Waals surface area contributed by atoms with Crippen molar-refractivity contribution < 1.29 is 14.3 Å². The summed E-state index contributed by atoms with van der Waals surface area (Å²) >= 11 is 0. The number of nitrogens with one attached hydrogen (secondary N) is 1. The molecule has 1 fully saturated rings. The van der Waals surface area contributed by atoms with Gasteiger partial charge in [-0.25, -0.2) is 4.79 Å². The molecule has 2 amide bonds. The van der Waals surface area contributed by atoms with E-state index in [0.717, 1.165) is 19.3 Å². The maximum atomic E-state index is 12.3. The van der Waals surface area contributed by atoms with Gasteiger partial charge in [-0.1, -0.05) is 20.3 Å². The van der Waals surface area contributed by atoms with E-state index in [1.165, 1.54) is 0 Å². The molecular weight excluding hydrogens is 258 g/mol. The van der Waals surface area contributed by atoms with Crippen molar-refractivity contribution in [1.29, 1.82) is 0 Å². The number of alkyl carbamates (subject to hydrolysis) is 1. The van der Waals surface area contributed by atoms with E-state index in [9.17, 15) is 9.59 Å². The lowest BCUT2D eigenvalue weighted by molar-refractivity contribution is -0.135. The van der Waals surface area contributed by atoms with Gasteiger partial charge in [-0.15, -0.1) is 0 Å². The molecule has 1 aliphatic heterocycles. The Morgan fingerprint density at radius 3 is 2.75 bits per heavy atom. The number of hydrogen-bond acceptors (Lipinski definition) is 4. The summed E-state index contributed by atoms with van der Waals surface area (Å²) in [6.07, 6.45) is 2.20. The summed E-state index contributed by atoms with van der Waals surface area (Å²) in [7, 11) is 0. The molecule has 3 N–H and O–H groups in total. The number of hydrogen-bond donors (Lipinski definition) is 2. The van der Waals surface area contributed by atoms with Gasteiger partial charge in [-0.2, -0.15) is 0 Å². The number of carbonyl (C=O) groups excluding carboxylic acids is 2. The van der Waals surface area contributed by atoms with Gasteiger partial charge in [0.05, 0.1) is 12.6 Å². The maximum Gasteiger partial charge on any atom is 0.407 e. The molecule has 20 heavy (non-hydrogen) atoms. The zero-order valence-electron chi connectivity index (χ0n) is 12.7. The van der Waals surface area contributed by atoms with Crippen LogP contribution in [0.3, 0.4) is 0 Å². The Morgan fingerprint density at radius 1 is 1.45 bits per heavy atom. The Labute approximate surface area is 121 Å². The first kappa shape index (κ1) is 16.8. The molecule has 6 heteroatoms. The minimum atomic E-state index is -0.457. The van der Waals surface area contributed by atoms with Crippen molar-refractivity contribution in [3.63, 3.8) is 0 Å². The van der Waals surface area contributed by atoms with Crippen LogP contribution in [-0.2, 0) is 9.53 Å². The smallest absolute Gasteiger partial charge is 0.407 e. The first-order valence-corrected chi connectivity index (χ1v) is 7.47. The van der Waals surface area contributed by atoms with Crippen LogP contribution in [0.2, 0.25) is 0 Å². The Balaban J connectivity index is 2.51. The number of nitrogens with two attached hydrogens (primary N) is 1. The van der Waals surface area contributed by atoms with Gasteiger partial charge in [-0.05, 0) is 25.7 Å². The zero-order valence-corrected chi connectivity index (χ0v) is 12.7. The predicted octanol–water partition coefficient (Wildman–Crippen LogP) is 1.10. The highest BCUT2D eigenvalue weighted by Gasteiger charge is 2.29. The minimum Gasteiger partial charge on any atom is -0.450 e. The third-order valence-electron chi connectivity index (χ3n) is 3.87. The van der Waals surface area contributed by atoms with E-state index in [1.54, 1.807) is 11.8 Å². The fraction of sp³-hybridized carbons (Fsp3) is 0.857. The number of amides is 2. The third-order valence-corrected chi connectivity index (χ3v) is 3.87. The molecule has 3 atom stereocenters. The molecule has 0 aromatic rings. The Bertz CT molecular complexity index is 336. The molecule has 0 bridgehead atoms. The van der Waals surface area contributed by atoms with Crippen LogP contribution in [0.25, 0.3) is 0 Å². The molecular formula is C14H27N3O3. The average molecular weight is 285 g/mol. The van der Waals surface area contributed by atoms with Crippen LogP contribution < -0.4 is 11.1 Å². The van der Waals surface area contributed by atoms with E-state index in [0.29, 0.717) is 19.7 Å². The monoisotopic (exact) mass is 285 g/mol. The molecule has 2 unspecified atom stereocenters. The van der Waals surface area contributed by atoms with Crippen molar-refractivity contribution in [1.82, 2.24) is 10.2 Å². The van der Waals surface area contributed by atoms with Crippen molar-refractivity contribution in [2.75, 3.05) is 19.7 Å². The number of likely N-dealkylation sites (tertiary alicyclic amines) is 1. The summed E-state index contributed by atoms with van der Waals surface area (Å²) < 4.78 is 4.87. The second-order valence-corrected chi connectivity index (χ2v) is 5.40. The molecule has 6 nitrogen and oxygen atoms in total. The van der Waals surface area contributed by atoms with E-state index in [1.807, 2.05) is 13.8 Å². The lowest BCUT2D eigenvalue weighted by Crippen LogP contribution is -2.54. The third kappa shape index (κ3) is 4.67. The highest BCUT2D eigenvalue weighted by atomic mass is 16.5. The van der Waals surface area contributed by atoms with E-state index in [2.05, 4.69) is 5.32 Å². The summed E-state index contributed by atoms with van der Waals surface area (Å²) in [6, 6.07) is -0.503. The molecule has 0 aromatic heterocycles. The van der Waals surface area contributed by atoms with Crippen LogP contribution in [0.1, 0.15) is 40.0 Å². The Hall–Kier alpha value is -1.30. The molecule has 0 aromatic carbocycles. The average Bonchev–Trinajstić information content (AvgIpc) is 2.45. The fourth-order valence-electron chi connectivity index (χ4n) is 2.34. The fourth-order valence-corrected chi connectivity index (χ4v) is 2.34. The van der Waals surface area contributed by atoms with Crippen molar-refractivity contribution in [2.24, 2.45) is 11.7 Å². The number of ether oxygens (including phenoxy) is 1. The van der Waals surface area contributed by atoms with Gasteiger partial charge >= 0.3 is 6.09 Å². The summed E-state index contributed by atoms with van der Waals surface area (Å²) in [5.41, 5.74) is 5.99. The Kier molecular flexibility index (Phi) is 6.78. The van der Waals surface area contributed by atoms with Crippen LogP contribution in [0.4, 0.5) is 4.79 Å². The van der Waals surface area contributed by atoms with Crippen molar-refractivity contribution in [2.45, 2.75) is 52.1 Å². The Morgan fingerprint density at radius 2 is 2.15 bits per heavy atom. The van der Waals surface area contributed by atoms with Crippen molar-refractivity contribution in [3.05, 3.63) is 0 Å². The summed E-state index contributed by atoms with van der Waals surface area (Å²) in [4.78, 5) is 25.5. The molecule has 116 valence electrons. The van der Waals surface area contributed by atoms with Crippen LogP contribution >= 0.6 is 0 Å². The molecule has 0 radical (unpaired) electrons. The quantitative estimate of drug-likeness (QED) is 0.792. The van der Waals surface area contributed by atoms with Crippen molar-refractivity contribution >= 4 is 12.0 Å². The van der Waals surface area contributed by atoms with E-state index >= 15 is 0 Å². The lowest BCUT2D eigenvalue weighted by Gasteiger charge is -2.35. The van der Waals surface area contributed by atoms with E-state index < -0.39 is 12.1 Å². The van der Waals surface area contributed by atoms with E-state index in [4.69, 9.17) is 10.5 Å². The van der Waals surface area contributed by atoms with Crippen LogP contribution in [0, 0.1) is 5.92 Å². The van der Waals surface area contributed by atoms with Gasteiger partial charge in [0.15, 0.2) is 0 Å². The molecule has 1 heterocycles. The maximum absolute atomic E-state index is 12.3.